The standard InChI is InChI=1S/C16H10Br2N2O4/c17-10-1-2-14-8(3-10)5-15(24-14)16(23)20-19-7-9-4-11(18)13(22)6-12(9)21/h1-7,21-22H,(H,20,23)/b19-7+. The molecule has 0 aliphatic rings. The molecule has 122 valence electrons. The third kappa shape index (κ3) is 3.44. The summed E-state index contributed by atoms with van der Waals surface area (Å²) in [4.78, 5) is 12.1. The third-order valence-electron chi connectivity index (χ3n) is 3.17. The van der Waals surface area contributed by atoms with E-state index in [2.05, 4.69) is 42.4 Å². The van der Waals surface area contributed by atoms with Gasteiger partial charge in [0.15, 0.2) is 5.76 Å². The maximum Gasteiger partial charge on any atom is 0.307 e. The van der Waals surface area contributed by atoms with Crippen LogP contribution in [0.5, 0.6) is 11.5 Å². The van der Waals surface area contributed by atoms with Crippen molar-refractivity contribution >= 4 is 55.0 Å². The van der Waals surface area contributed by atoms with Gasteiger partial charge in [-0.15, -0.1) is 0 Å². The van der Waals surface area contributed by atoms with Crippen LogP contribution >= 0.6 is 31.9 Å². The van der Waals surface area contributed by atoms with Gasteiger partial charge in [0, 0.05) is 21.5 Å². The molecular formula is C16H10Br2N2O4. The minimum absolute atomic E-state index is 0.0953. The molecule has 3 aromatic rings. The minimum Gasteiger partial charge on any atom is -0.507 e. The van der Waals surface area contributed by atoms with Crippen LogP contribution in [0.2, 0.25) is 0 Å². The molecular weight excluding hydrogens is 444 g/mol. The molecule has 0 bridgehead atoms. The highest BCUT2D eigenvalue weighted by Crippen LogP contribution is 2.30. The Balaban J connectivity index is 1.76. The lowest BCUT2D eigenvalue weighted by Crippen LogP contribution is -2.16. The summed E-state index contributed by atoms with van der Waals surface area (Å²) < 4.78 is 6.73. The molecule has 0 radical (unpaired) electrons. The molecule has 1 aromatic heterocycles. The fourth-order valence-electron chi connectivity index (χ4n) is 2.01. The first-order valence-corrected chi connectivity index (χ1v) is 8.26. The van der Waals surface area contributed by atoms with Crippen molar-refractivity contribution < 1.29 is 19.4 Å². The summed E-state index contributed by atoms with van der Waals surface area (Å²) in [7, 11) is 0. The predicted molar refractivity (Wildman–Crippen MR) is 96.4 cm³/mol. The first kappa shape index (κ1) is 16.5. The summed E-state index contributed by atoms with van der Waals surface area (Å²) in [6, 6.07) is 9.66. The molecule has 0 spiro atoms. The van der Waals surface area contributed by atoms with E-state index in [-0.39, 0.29) is 17.3 Å². The Hall–Kier alpha value is -2.32. The summed E-state index contributed by atoms with van der Waals surface area (Å²) in [5, 5.41) is 23.7. The second-order valence-electron chi connectivity index (χ2n) is 4.85. The topological polar surface area (TPSA) is 95.1 Å². The molecule has 3 N–H and O–H groups in total. The Kier molecular flexibility index (Phi) is 4.59. The molecule has 0 unspecified atom stereocenters. The van der Waals surface area contributed by atoms with Gasteiger partial charge in [-0.1, -0.05) is 15.9 Å². The molecule has 1 heterocycles. The highest BCUT2D eigenvalue weighted by Gasteiger charge is 2.12. The van der Waals surface area contributed by atoms with Gasteiger partial charge in [-0.3, -0.25) is 4.79 Å². The summed E-state index contributed by atoms with van der Waals surface area (Å²) in [5.74, 6) is -0.656. The third-order valence-corrected chi connectivity index (χ3v) is 4.30. The van der Waals surface area contributed by atoms with Gasteiger partial charge in [-0.25, -0.2) is 5.43 Å². The molecule has 3 rings (SSSR count). The second kappa shape index (κ2) is 6.66. The molecule has 0 saturated heterocycles. The minimum atomic E-state index is -0.518. The van der Waals surface area contributed by atoms with E-state index in [9.17, 15) is 15.0 Å². The zero-order valence-electron chi connectivity index (χ0n) is 12.0. The van der Waals surface area contributed by atoms with Crippen LogP contribution in [0.1, 0.15) is 16.1 Å². The zero-order chi connectivity index (χ0) is 17.3. The van der Waals surface area contributed by atoms with E-state index in [1.807, 2.05) is 12.1 Å². The molecule has 0 aliphatic heterocycles. The maximum absolute atomic E-state index is 12.1. The number of rotatable bonds is 3. The number of aromatic hydroxyl groups is 2. The van der Waals surface area contributed by atoms with Gasteiger partial charge in [-0.05, 0) is 46.3 Å². The molecule has 24 heavy (non-hydrogen) atoms. The van der Waals surface area contributed by atoms with E-state index in [1.165, 1.54) is 18.3 Å². The number of benzene rings is 2. The van der Waals surface area contributed by atoms with Gasteiger partial charge in [0.1, 0.15) is 17.1 Å². The van der Waals surface area contributed by atoms with Gasteiger partial charge in [0.25, 0.3) is 0 Å². The number of carbonyl (C=O) groups is 1. The van der Waals surface area contributed by atoms with Crippen molar-refractivity contribution in [2.24, 2.45) is 5.10 Å². The molecule has 0 atom stereocenters. The highest BCUT2D eigenvalue weighted by molar-refractivity contribution is 9.10. The van der Waals surface area contributed by atoms with Crippen molar-refractivity contribution in [1.82, 2.24) is 5.43 Å². The Labute approximate surface area is 153 Å². The van der Waals surface area contributed by atoms with Crippen LogP contribution < -0.4 is 5.43 Å². The molecule has 1 amide bonds. The monoisotopic (exact) mass is 452 g/mol. The SMILES string of the molecule is O=C(N/N=C/c1cc(Br)c(O)cc1O)c1cc2cc(Br)ccc2o1. The Morgan fingerprint density at radius 2 is 1.92 bits per heavy atom. The first-order chi connectivity index (χ1) is 11.4. The lowest BCUT2D eigenvalue weighted by atomic mass is 10.2. The molecule has 0 aliphatic carbocycles. The normalized spacial score (nSPS) is 11.2. The summed E-state index contributed by atoms with van der Waals surface area (Å²) in [5.41, 5.74) is 3.24. The summed E-state index contributed by atoms with van der Waals surface area (Å²) >= 11 is 6.49. The highest BCUT2D eigenvalue weighted by atomic mass is 79.9. The second-order valence-corrected chi connectivity index (χ2v) is 6.62. The van der Waals surface area contributed by atoms with Crippen LogP contribution in [-0.4, -0.2) is 22.3 Å². The van der Waals surface area contributed by atoms with Crippen molar-refractivity contribution in [3.05, 3.63) is 56.7 Å². The lowest BCUT2D eigenvalue weighted by molar-refractivity contribution is 0.0929. The van der Waals surface area contributed by atoms with E-state index in [4.69, 9.17) is 4.42 Å². The van der Waals surface area contributed by atoms with Crippen LogP contribution in [0.3, 0.4) is 0 Å². The van der Waals surface area contributed by atoms with E-state index in [1.54, 1.807) is 12.1 Å². The van der Waals surface area contributed by atoms with Gasteiger partial charge < -0.3 is 14.6 Å². The van der Waals surface area contributed by atoms with Crippen molar-refractivity contribution in [3.63, 3.8) is 0 Å². The number of amides is 1. The lowest BCUT2D eigenvalue weighted by Gasteiger charge is -2.02. The zero-order valence-corrected chi connectivity index (χ0v) is 15.1. The number of phenolic OH excluding ortho intramolecular Hbond substituents is 2. The van der Waals surface area contributed by atoms with Crippen molar-refractivity contribution in [2.45, 2.75) is 0 Å². The Morgan fingerprint density at radius 1 is 1.12 bits per heavy atom. The van der Waals surface area contributed by atoms with Crippen LogP contribution in [0.15, 0.2) is 54.9 Å². The average molecular weight is 454 g/mol. The predicted octanol–water partition coefficient (Wildman–Crippen LogP) is 4.13. The number of hydrogen-bond donors (Lipinski definition) is 3. The van der Waals surface area contributed by atoms with Crippen LogP contribution in [0, 0.1) is 0 Å². The van der Waals surface area contributed by atoms with Crippen molar-refractivity contribution in [3.8, 4) is 11.5 Å². The number of fused-ring (bicyclic) bond motifs is 1. The number of phenols is 2. The van der Waals surface area contributed by atoms with Crippen LogP contribution in [-0.2, 0) is 0 Å². The van der Waals surface area contributed by atoms with Crippen molar-refractivity contribution in [2.75, 3.05) is 0 Å². The van der Waals surface area contributed by atoms with Gasteiger partial charge in [-0.2, -0.15) is 5.10 Å². The number of nitrogens with zero attached hydrogens (tertiary/aromatic N) is 1. The number of hydrogen-bond acceptors (Lipinski definition) is 5. The van der Waals surface area contributed by atoms with E-state index >= 15 is 0 Å². The number of nitrogens with one attached hydrogen (secondary N) is 1. The quantitative estimate of drug-likeness (QED) is 0.410. The van der Waals surface area contributed by atoms with E-state index < -0.39 is 5.91 Å². The molecule has 0 saturated carbocycles. The molecule has 2 aromatic carbocycles. The molecule has 0 fully saturated rings. The Morgan fingerprint density at radius 3 is 2.71 bits per heavy atom. The summed E-state index contributed by atoms with van der Waals surface area (Å²) in [6.07, 6.45) is 1.26. The van der Waals surface area contributed by atoms with E-state index in [0.29, 0.717) is 15.6 Å². The van der Waals surface area contributed by atoms with Crippen LogP contribution in [0.25, 0.3) is 11.0 Å². The number of hydrazone groups is 1. The van der Waals surface area contributed by atoms with Crippen molar-refractivity contribution in [1.29, 1.82) is 0 Å². The molecule has 8 heteroatoms. The van der Waals surface area contributed by atoms with Gasteiger partial charge in [0.05, 0.1) is 10.7 Å². The largest absolute Gasteiger partial charge is 0.507 e. The first-order valence-electron chi connectivity index (χ1n) is 6.68. The van der Waals surface area contributed by atoms with Crippen LogP contribution in [0.4, 0.5) is 0 Å². The Bertz CT molecular complexity index is 966. The maximum atomic E-state index is 12.1. The smallest absolute Gasteiger partial charge is 0.307 e. The summed E-state index contributed by atoms with van der Waals surface area (Å²) in [6.45, 7) is 0. The average Bonchev–Trinajstić information content (AvgIpc) is 2.95. The molecule has 6 nitrogen and oxygen atoms in total. The van der Waals surface area contributed by atoms with E-state index in [0.717, 1.165) is 9.86 Å². The van der Waals surface area contributed by atoms with Gasteiger partial charge in [0.2, 0.25) is 0 Å². The number of halogens is 2. The van der Waals surface area contributed by atoms with Gasteiger partial charge >= 0.3 is 5.91 Å². The number of carbonyl (C=O) groups excluding carboxylic acids is 1. The number of furan rings is 1. The fraction of sp³-hybridized carbons (Fsp3) is 0. The fourth-order valence-corrected chi connectivity index (χ4v) is 2.75.